The summed E-state index contributed by atoms with van der Waals surface area (Å²) in [6.45, 7) is 1.67. The monoisotopic (exact) mass is 410 g/mol. The van der Waals surface area contributed by atoms with E-state index in [1.165, 1.54) is 22.8 Å². The number of carbonyl (C=O) groups excluding carboxylic acids is 1. The van der Waals surface area contributed by atoms with Crippen molar-refractivity contribution in [2.45, 2.75) is 19.4 Å². The van der Waals surface area contributed by atoms with Crippen molar-refractivity contribution < 1.29 is 23.5 Å². The summed E-state index contributed by atoms with van der Waals surface area (Å²) in [6.07, 6.45) is 0.210. The van der Waals surface area contributed by atoms with E-state index in [0.717, 1.165) is 23.5 Å². The molecule has 0 bridgehead atoms. The largest absolute Gasteiger partial charge is 0.480 e. The maximum atomic E-state index is 14.2. The van der Waals surface area contributed by atoms with E-state index in [2.05, 4.69) is 4.99 Å². The van der Waals surface area contributed by atoms with Gasteiger partial charge in [-0.05, 0) is 36.8 Å². The first-order valence-electron chi connectivity index (χ1n) is 7.90. The van der Waals surface area contributed by atoms with Crippen LogP contribution >= 0.6 is 22.9 Å². The van der Waals surface area contributed by atoms with Crippen LogP contribution in [0.2, 0.25) is 5.02 Å². The van der Waals surface area contributed by atoms with Gasteiger partial charge < -0.3 is 9.67 Å². The SMILES string of the molecule is CCC(C(=O)O)n1c(=NC(=O)c2ccc(F)c(Cl)c2)sc2c(F)cccc21. The molecule has 0 fully saturated rings. The second-order valence-corrected chi connectivity index (χ2v) is 7.04. The third kappa shape index (κ3) is 3.63. The molecule has 0 aliphatic carbocycles. The number of carboxylic acids is 1. The highest BCUT2D eigenvalue weighted by molar-refractivity contribution is 7.16. The summed E-state index contributed by atoms with van der Waals surface area (Å²) in [5.41, 5.74) is 0.368. The van der Waals surface area contributed by atoms with Gasteiger partial charge >= 0.3 is 5.97 Å². The molecule has 1 atom stereocenters. The van der Waals surface area contributed by atoms with Crippen molar-refractivity contribution in [3.05, 3.63) is 63.4 Å². The molecule has 5 nitrogen and oxygen atoms in total. The zero-order valence-corrected chi connectivity index (χ0v) is 15.5. The number of aliphatic carboxylic acids is 1. The van der Waals surface area contributed by atoms with Gasteiger partial charge in [-0.1, -0.05) is 35.9 Å². The Morgan fingerprint density at radius 3 is 2.63 bits per heavy atom. The second-order valence-electron chi connectivity index (χ2n) is 5.65. The van der Waals surface area contributed by atoms with Gasteiger partial charge in [0.2, 0.25) is 0 Å². The number of benzene rings is 2. The van der Waals surface area contributed by atoms with Crippen molar-refractivity contribution >= 4 is 45.0 Å². The lowest BCUT2D eigenvalue weighted by molar-refractivity contribution is -0.140. The normalized spacial score (nSPS) is 13.1. The standard InChI is InChI=1S/C18H13ClF2N2O3S/c1-2-13(17(25)26)23-14-5-3-4-12(21)15(14)27-18(23)22-16(24)9-6-7-11(20)10(19)8-9/h3-8,13H,2H2,1H3,(H,25,26). The second kappa shape index (κ2) is 7.58. The van der Waals surface area contributed by atoms with E-state index >= 15 is 0 Å². The zero-order chi connectivity index (χ0) is 19.7. The van der Waals surface area contributed by atoms with E-state index in [4.69, 9.17) is 11.6 Å². The van der Waals surface area contributed by atoms with Crippen molar-refractivity contribution in [2.24, 2.45) is 4.99 Å². The number of fused-ring (bicyclic) bond motifs is 1. The van der Waals surface area contributed by atoms with Crippen LogP contribution < -0.4 is 4.80 Å². The van der Waals surface area contributed by atoms with Gasteiger partial charge in [-0.15, -0.1) is 0 Å². The lowest BCUT2D eigenvalue weighted by Gasteiger charge is -2.13. The molecule has 2 aromatic carbocycles. The van der Waals surface area contributed by atoms with Gasteiger partial charge in [-0.3, -0.25) is 4.79 Å². The Labute approximate surface area is 161 Å². The van der Waals surface area contributed by atoms with Gasteiger partial charge in [0.05, 0.1) is 15.2 Å². The first kappa shape index (κ1) is 19.2. The maximum Gasteiger partial charge on any atom is 0.326 e. The highest BCUT2D eigenvalue weighted by Crippen LogP contribution is 2.25. The number of amides is 1. The summed E-state index contributed by atoms with van der Waals surface area (Å²) in [4.78, 5) is 28.1. The third-order valence-electron chi connectivity index (χ3n) is 3.95. The molecule has 9 heteroatoms. The van der Waals surface area contributed by atoms with Crippen molar-refractivity contribution in [3.63, 3.8) is 0 Å². The van der Waals surface area contributed by atoms with Crippen LogP contribution in [0.5, 0.6) is 0 Å². The molecule has 1 amide bonds. The number of aromatic nitrogens is 1. The van der Waals surface area contributed by atoms with Crippen molar-refractivity contribution in [2.75, 3.05) is 0 Å². The smallest absolute Gasteiger partial charge is 0.326 e. The molecule has 0 saturated heterocycles. The molecule has 27 heavy (non-hydrogen) atoms. The summed E-state index contributed by atoms with van der Waals surface area (Å²) in [6, 6.07) is 6.64. The van der Waals surface area contributed by atoms with Crippen molar-refractivity contribution in [1.82, 2.24) is 4.57 Å². The number of hydrogen-bond donors (Lipinski definition) is 1. The Bertz CT molecular complexity index is 1120. The third-order valence-corrected chi connectivity index (χ3v) is 5.32. The molecule has 0 radical (unpaired) electrons. The molecule has 3 aromatic rings. The first-order valence-corrected chi connectivity index (χ1v) is 9.09. The summed E-state index contributed by atoms with van der Waals surface area (Å²) in [5.74, 6) is -3.08. The van der Waals surface area contributed by atoms with Crippen LogP contribution in [0.1, 0.15) is 29.7 Å². The van der Waals surface area contributed by atoms with Crippen LogP contribution in [0.15, 0.2) is 41.4 Å². The van der Waals surface area contributed by atoms with E-state index in [1.54, 1.807) is 13.0 Å². The maximum absolute atomic E-state index is 14.2. The van der Waals surface area contributed by atoms with Crippen LogP contribution in [0, 0.1) is 11.6 Å². The van der Waals surface area contributed by atoms with Gasteiger partial charge in [0.1, 0.15) is 17.7 Å². The minimum Gasteiger partial charge on any atom is -0.480 e. The molecule has 140 valence electrons. The van der Waals surface area contributed by atoms with Gasteiger partial charge in [0.25, 0.3) is 5.91 Å². The van der Waals surface area contributed by atoms with E-state index in [0.29, 0.717) is 5.52 Å². The molecule has 1 aromatic heterocycles. The van der Waals surface area contributed by atoms with E-state index in [1.807, 2.05) is 0 Å². The van der Waals surface area contributed by atoms with Gasteiger partial charge in [0.15, 0.2) is 4.80 Å². The number of rotatable bonds is 4. The Morgan fingerprint density at radius 2 is 2.00 bits per heavy atom. The molecule has 1 heterocycles. The fourth-order valence-corrected chi connectivity index (χ4v) is 3.91. The van der Waals surface area contributed by atoms with Crippen LogP contribution in [0.3, 0.4) is 0 Å². The molecule has 0 spiro atoms. The van der Waals surface area contributed by atoms with Gasteiger partial charge in [-0.25, -0.2) is 13.6 Å². The highest BCUT2D eigenvalue weighted by atomic mass is 35.5. The Balaban J connectivity index is 2.24. The predicted octanol–water partition coefficient (Wildman–Crippen LogP) is 4.41. The molecule has 0 saturated carbocycles. The van der Waals surface area contributed by atoms with Crippen LogP contribution in [-0.4, -0.2) is 21.6 Å². The number of carboxylic acid groups (broad SMARTS) is 1. The highest BCUT2D eigenvalue weighted by Gasteiger charge is 2.23. The fraction of sp³-hybridized carbons (Fsp3) is 0.167. The van der Waals surface area contributed by atoms with Crippen molar-refractivity contribution in [3.8, 4) is 0 Å². The minimum absolute atomic E-state index is 0.0363. The average Bonchev–Trinajstić information content (AvgIpc) is 2.97. The number of carbonyl (C=O) groups is 2. The molecule has 1 unspecified atom stereocenters. The Hall–Kier alpha value is -2.58. The topological polar surface area (TPSA) is 71.7 Å². The Kier molecular flexibility index (Phi) is 5.38. The molecule has 1 N–H and O–H groups in total. The molecular formula is C18H13ClF2N2O3S. The van der Waals surface area contributed by atoms with E-state index in [-0.39, 0.29) is 26.5 Å². The summed E-state index contributed by atoms with van der Waals surface area (Å²) < 4.78 is 29.0. The number of nitrogens with zero attached hydrogens (tertiary/aromatic N) is 2. The first-order chi connectivity index (χ1) is 12.8. The van der Waals surface area contributed by atoms with Crippen molar-refractivity contribution in [1.29, 1.82) is 0 Å². The Morgan fingerprint density at radius 1 is 1.26 bits per heavy atom. The van der Waals surface area contributed by atoms with Gasteiger partial charge in [-0.2, -0.15) is 4.99 Å². The number of hydrogen-bond acceptors (Lipinski definition) is 3. The summed E-state index contributed by atoms with van der Waals surface area (Å²) in [5, 5.41) is 9.29. The van der Waals surface area contributed by atoms with Crippen LogP contribution in [-0.2, 0) is 4.79 Å². The quantitative estimate of drug-likeness (QED) is 0.692. The zero-order valence-electron chi connectivity index (χ0n) is 13.9. The van der Waals surface area contributed by atoms with Gasteiger partial charge in [0, 0.05) is 5.56 Å². The number of thiazole rings is 1. The van der Waals surface area contributed by atoms with Crippen LogP contribution in [0.4, 0.5) is 8.78 Å². The fourth-order valence-electron chi connectivity index (χ4n) is 2.66. The number of halogens is 3. The van der Waals surface area contributed by atoms with E-state index < -0.39 is 29.6 Å². The predicted molar refractivity (Wildman–Crippen MR) is 98.0 cm³/mol. The van der Waals surface area contributed by atoms with E-state index in [9.17, 15) is 23.5 Å². The lowest BCUT2D eigenvalue weighted by Crippen LogP contribution is -2.27. The molecule has 3 rings (SSSR count). The minimum atomic E-state index is -1.12. The molecular weight excluding hydrogens is 398 g/mol. The lowest BCUT2D eigenvalue weighted by atomic mass is 10.2. The summed E-state index contributed by atoms with van der Waals surface area (Å²) >= 11 is 6.56. The average molecular weight is 411 g/mol. The van der Waals surface area contributed by atoms with Crippen LogP contribution in [0.25, 0.3) is 10.2 Å². The molecule has 0 aliphatic rings. The molecule has 0 aliphatic heterocycles. The summed E-state index contributed by atoms with van der Waals surface area (Å²) in [7, 11) is 0.